The van der Waals surface area contributed by atoms with E-state index in [1.165, 1.54) is 22.5 Å². The number of thioether (sulfide) groups is 1. The van der Waals surface area contributed by atoms with Crippen molar-refractivity contribution in [2.24, 2.45) is 0 Å². The summed E-state index contributed by atoms with van der Waals surface area (Å²) in [6.45, 7) is 0. The molecule has 0 unspecified atom stereocenters. The number of para-hydroxylation sites is 1. The summed E-state index contributed by atoms with van der Waals surface area (Å²) >= 11 is 7.18. The van der Waals surface area contributed by atoms with Crippen molar-refractivity contribution in [2.45, 2.75) is 11.4 Å². The van der Waals surface area contributed by atoms with Crippen molar-refractivity contribution in [3.8, 4) is 11.8 Å². The summed E-state index contributed by atoms with van der Waals surface area (Å²) in [7, 11) is 0. The second-order valence-electron chi connectivity index (χ2n) is 3.64. The van der Waals surface area contributed by atoms with E-state index in [4.69, 9.17) is 16.9 Å². The quantitative estimate of drug-likeness (QED) is 0.642. The molecule has 0 saturated heterocycles. The molecule has 1 aromatic carbocycles. The SMILES string of the molecule is N#CCCSc1nc(Cl)cn(-c2ccccc2)c1=O. The summed E-state index contributed by atoms with van der Waals surface area (Å²) in [5.41, 5.74) is 0.512. The number of nitriles is 1. The van der Waals surface area contributed by atoms with Crippen molar-refractivity contribution >= 4 is 23.4 Å². The fourth-order valence-electron chi connectivity index (χ4n) is 1.51. The third-order valence-electron chi connectivity index (χ3n) is 2.33. The molecule has 0 N–H and O–H groups in total. The summed E-state index contributed by atoms with van der Waals surface area (Å²) < 4.78 is 1.46. The molecule has 0 atom stereocenters. The average Bonchev–Trinajstić information content (AvgIpc) is 2.43. The molecule has 0 aliphatic rings. The molecule has 0 amide bonds. The molecule has 0 aliphatic heterocycles. The predicted molar refractivity (Wildman–Crippen MR) is 75.8 cm³/mol. The fourth-order valence-corrected chi connectivity index (χ4v) is 2.51. The van der Waals surface area contributed by atoms with Crippen molar-refractivity contribution in [1.82, 2.24) is 9.55 Å². The van der Waals surface area contributed by atoms with Gasteiger partial charge in [0, 0.05) is 17.9 Å². The van der Waals surface area contributed by atoms with E-state index >= 15 is 0 Å². The zero-order chi connectivity index (χ0) is 13.7. The number of benzene rings is 1. The topological polar surface area (TPSA) is 58.7 Å². The molecule has 19 heavy (non-hydrogen) atoms. The van der Waals surface area contributed by atoms with Gasteiger partial charge < -0.3 is 0 Å². The van der Waals surface area contributed by atoms with Crippen LogP contribution in [0.5, 0.6) is 0 Å². The van der Waals surface area contributed by atoms with E-state index in [-0.39, 0.29) is 10.7 Å². The molecular weight excluding hydrogens is 282 g/mol. The van der Waals surface area contributed by atoms with Crippen LogP contribution < -0.4 is 5.56 Å². The smallest absolute Gasteiger partial charge is 0.279 e. The van der Waals surface area contributed by atoms with E-state index in [1.54, 1.807) is 0 Å². The van der Waals surface area contributed by atoms with E-state index in [0.29, 0.717) is 17.2 Å². The van der Waals surface area contributed by atoms with E-state index < -0.39 is 0 Å². The summed E-state index contributed by atoms with van der Waals surface area (Å²) in [4.78, 5) is 16.3. The standard InChI is InChI=1S/C13H10ClN3OS/c14-11-9-17(10-5-2-1-3-6-10)13(18)12(16-11)19-8-4-7-15/h1-3,5-6,9H,4,8H2. The van der Waals surface area contributed by atoms with Crippen LogP contribution in [-0.4, -0.2) is 15.3 Å². The molecule has 4 nitrogen and oxygen atoms in total. The molecule has 0 spiro atoms. The Kier molecular flexibility index (Phi) is 4.61. The highest BCUT2D eigenvalue weighted by Gasteiger charge is 2.09. The largest absolute Gasteiger partial charge is 0.287 e. The molecule has 2 rings (SSSR count). The van der Waals surface area contributed by atoms with Crippen molar-refractivity contribution in [1.29, 1.82) is 5.26 Å². The van der Waals surface area contributed by atoms with Gasteiger partial charge in [0.2, 0.25) is 0 Å². The molecule has 1 heterocycles. The van der Waals surface area contributed by atoms with Crippen molar-refractivity contribution in [3.05, 3.63) is 52.0 Å². The number of hydrogen-bond donors (Lipinski definition) is 0. The zero-order valence-corrected chi connectivity index (χ0v) is 11.5. The zero-order valence-electron chi connectivity index (χ0n) is 9.91. The molecule has 0 bridgehead atoms. The maximum atomic E-state index is 12.3. The van der Waals surface area contributed by atoms with Gasteiger partial charge in [0.25, 0.3) is 5.56 Å². The minimum atomic E-state index is -0.224. The van der Waals surface area contributed by atoms with Crippen molar-refractivity contribution < 1.29 is 0 Å². The summed E-state index contributed by atoms with van der Waals surface area (Å²) in [5, 5.41) is 9.07. The third kappa shape index (κ3) is 3.37. The lowest BCUT2D eigenvalue weighted by Crippen LogP contribution is -2.21. The maximum absolute atomic E-state index is 12.3. The van der Waals surface area contributed by atoms with Crippen LogP contribution in [-0.2, 0) is 0 Å². The maximum Gasteiger partial charge on any atom is 0.287 e. The summed E-state index contributed by atoms with van der Waals surface area (Å²) in [5.74, 6) is 0.522. The van der Waals surface area contributed by atoms with Crippen LogP contribution in [0.4, 0.5) is 0 Å². The monoisotopic (exact) mass is 291 g/mol. The Morgan fingerprint density at radius 2 is 2.11 bits per heavy atom. The summed E-state index contributed by atoms with van der Waals surface area (Å²) in [6.07, 6.45) is 1.86. The molecule has 2 aromatic rings. The van der Waals surface area contributed by atoms with Crippen LogP contribution in [0.3, 0.4) is 0 Å². The Hall–Kier alpha value is -1.77. The first-order valence-electron chi connectivity index (χ1n) is 5.57. The molecular formula is C13H10ClN3OS. The van der Waals surface area contributed by atoms with Crippen molar-refractivity contribution in [2.75, 3.05) is 5.75 Å². The van der Waals surface area contributed by atoms with E-state index in [0.717, 1.165) is 5.69 Å². The second kappa shape index (κ2) is 6.41. The Morgan fingerprint density at radius 3 is 2.79 bits per heavy atom. The van der Waals surface area contributed by atoms with Crippen LogP contribution in [0.15, 0.2) is 46.3 Å². The van der Waals surface area contributed by atoms with Gasteiger partial charge in [-0.25, -0.2) is 4.98 Å². The van der Waals surface area contributed by atoms with Gasteiger partial charge in [-0.05, 0) is 12.1 Å². The lowest BCUT2D eigenvalue weighted by Gasteiger charge is -2.07. The van der Waals surface area contributed by atoms with E-state index in [1.807, 2.05) is 36.4 Å². The Morgan fingerprint density at radius 1 is 1.37 bits per heavy atom. The third-order valence-corrected chi connectivity index (χ3v) is 3.46. The van der Waals surface area contributed by atoms with Gasteiger partial charge in [0.1, 0.15) is 5.15 Å². The Bertz CT molecular complexity index is 664. The van der Waals surface area contributed by atoms with E-state index in [9.17, 15) is 4.79 Å². The highest BCUT2D eigenvalue weighted by atomic mass is 35.5. The number of hydrogen-bond acceptors (Lipinski definition) is 4. The van der Waals surface area contributed by atoms with Crippen molar-refractivity contribution in [3.63, 3.8) is 0 Å². The number of halogens is 1. The summed E-state index contributed by atoms with van der Waals surface area (Å²) in [6, 6.07) is 11.2. The lowest BCUT2D eigenvalue weighted by atomic mass is 10.3. The molecule has 1 aromatic heterocycles. The molecule has 0 aliphatic carbocycles. The molecule has 0 saturated carbocycles. The van der Waals surface area contributed by atoms with Gasteiger partial charge in [-0.1, -0.05) is 41.6 Å². The minimum Gasteiger partial charge on any atom is -0.279 e. The van der Waals surface area contributed by atoms with Crippen LogP contribution in [0.1, 0.15) is 6.42 Å². The van der Waals surface area contributed by atoms with E-state index in [2.05, 4.69) is 4.98 Å². The molecule has 96 valence electrons. The first kappa shape index (κ1) is 13.7. The van der Waals surface area contributed by atoms with Gasteiger partial charge in [-0.2, -0.15) is 5.26 Å². The average molecular weight is 292 g/mol. The van der Waals surface area contributed by atoms with Gasteiger partial charge in [-0.15, -0.1) is 0 Å². The predicted octanol–water partition coefficient (Wildman–Crippen LogP) is 2.89. The highest BCUT2D eigenvalue weighted by molar-refractivity contribution is 7.99. The normalized spacial score (nSPS) is 10.1. The Labute approximate surface area is 119 Å². The second-order valence-corrected chi connectivity index (χ2v) is 5.11. The van der Waals surface area contributed by atoms with Gasteiger partial charge in [0.05, 0.1) is 12.3 Å². The van der Waals surface area contributed by atoms with Gasteiger partial charge in [0.15, 0.2) is 5.03 Å². The first-order valence-corrected chi connectivity index (χ1v) is 6.93. The van der Waals surface area contributed by atoms with Gasteiger partial charge >= 0.3 is 0 Å². The molecule has 6 heteroatoms. The first-order chi connectivity index (χ1) is 9.22. The van der Waals surface area contributed by atoms with Crippen LogP contribution in [0.25, 0.3) is 5.69 Å². The lowest BCUT2D eigenvalue weighted by molar-refractivity contribution is 0.883. The highest BCUT2D eigenvalue weighted by Crippen LogP contribution is 2.16. The van der Waals surface area contributed by atoms with Crippen LogP contribution >= 0.6 is 23.4 Å². The Balaban J connectivity index is 2.41. The molecule has 0 fully saturated rings. The van der Waals surface area contributed by atoms with Crippen LogP contribution in [0, 0.1) is 11.3 Å². The number of rotatable bonds is 4. The minimum absolute atomic E-state index is 0.224. The fraction of sp³-hybridized carbons (Fsp3) is 0.154. The molecule has 0 radical (unpaired) electrons. The number of aromatic nitrogens is 2. The van der Waals surface area contributed by atoms with Gasteiger partial charge in [-0.3, -0.25) is 9.36 Å². The number of nitrogens with zero attached hydrogens (tertiary/aromatic N) is 3. The van der Waals surface area contributed by atoms with Crippen LogP contribution in [0.2, 0.25) is 5.15 Å².